The molecule has 0 radical (unpaired) electrons. The second kappa shape index (κ2) is 6.54. The van der Waals surface area contributed by atoms with Gasteiger partial charge in [-0.25, -0.2) is 0 Å². The van der Waals surface area contributed by atoms with Crippen LogP contribution in [0.25, 0.3) is 0 Å². The predicted molar refractivity (Wildman–Crippen MR) is 75.1 cm³/mol. The molecule has 0 aliphatic rings. The summed E-state index contributed by atoms with van der Waals surface area (Å²) < 4.78 is 77.1. The molecule has 0 aromatic heterocycles. The quantitative estimate of drug-likeness (QED) is 0.570. The van der Waals surface area contributed by atoms with Gasteiger partial charge in [-0.3, -0.25) is 4.79 Å². The smallest absolute Gasteiger partial charge is 0.311 e. The van der Waals surface area contributed by atoms with Gasteiger partial charge in [0, 0.05) is 5.69 Å². The van der Waals surface area contributed by atoms with E-state index in [0.29, 0.717) is 17.7 Å². The molecule has 0 N–H and O–H groups in total. The highest BCUT2D eigenvalue weighted by Crippen LogP contribution is 2.38. The maximum absolute atomic E-state index is 12.9. The highest BCUT2D eigenvalue weighted by Gasteiger charge is 2.37. The molecule has 0 saturated heterocycles. The molecule has 2 rings (SSSR count). The number of halogens is 6. The molecule has 1 amide bonds. The van der Waals surface area contributed by atoms with Crippen LogP contribution in [0.2, 0.25) is 0 Å². The maximum atomic E-state index is 12.9. The summed E-state index contributed by atoms with van der Waals surface area (Å²) in [4.78, 5) is 12.0. The van der Waals surface area contributed by atoms with Gasteiger partial charge in [-0.1, -0.05) is 30.3 Å². The molecule has 0 unspecified atom stereocenters. The highest BCUT2D eigenvalue weighted by molar-refractivity contribution is 5.76. The topological polar surface area (TPSA) is 20.3 Å². The summed E-state index contributed by atoms with van der Waals surface area (Å²) >= 11 is 0. The lowest BCUT2D eigenvalue weighted by molar-refractivity contribution is -0.143. The number of amides is 1. The molecule has 0 aliphatic heterocycles. The Morgan fingerprint density at radius 3 is 1.75 bits per heavy atom. The van der Waals surface area contributed by atoms with E-state index in [4.69, 9.17) is 0 Å². The minimum Gasteiger partial charge on any atom is -0.311 e. The Balaban J connectivity index is 2.48. The van der Waals surface area contributed by atoms with Crippen LogP contribution < -0.4 is 4.90 Å². The van der Waals surface area contributed by atoms with E-state index in [1.165, 1.54) is 0 Å². The first-order valence-electron chi connectivity index (χ1n) is 6.66. The van der Waals surface area contributed by atoms with Crippen molar-refractivity contribution in [2.75, 3.05) is 4.90 Å². The van der Waals surface area contributed by atoms with Crippen molar-refractivity contribution in [3.8, 4) is 0 Å². The zero-order valence-electron chi connectivity index (χ0n) is 12.0. The van der Waals surface area contributed by atoms with Gasteiger partial charge in [0.2, 0.25) is 6.41 Å². The van der Waals surface area contributed by atoms with Crippen LogP contribution in [0.5, 0.6) is 0 Å². The van der Waals surface area contributed by atoms with Crippen LogP contribution >= 0.6 is 0 Å². The number of nitrogens with zero attached hydrogens (tertiary/aromatic N) is 1. The first kappa shape index (κ1) is 17.8. The van der Waals surface area contributed by atoms with E-state index >= 15 is 0 Å². The molecule has 0 spiro atoms. The molecule has 128 valence electrons. The Kier molecular flexibility index (Phi) is 4.86. The van der Waals surface area contributed by atoms with Gasteiger partial charge in [0.05, 0.1) is 17.7 Å². The molecule has 0 atom stereocenters. The van der Waals surface area contributed by atoms with E-state index < -0.39 is 29.2 Å². The summed E-state index contributed by atoms with van der Waals surface area (Å²) in [6, 6.07) is 9.26. The summed E-state index contributed by atoms with van der Waals surface area (Å²) in [7, 11) is 0. The molecule has 0 aliphatic carbocycles. The van der Waals surface area contributed by atoms with Crippen LogP contribution in [0.4, 0.5) is 32.0 Å². The average Bonchev–Trinajstić information content (AvgIpc) is 2.51. The van der Waals surface area contributed by atoms with Crippen molar-refractivity contribution < 1.29 is 31.1 Å². The van der Waals surface area contributed by atoms with Gasteiger partial charge < -0.3 is 4.90 Å². The van der Waals surface area contributed by atoms with Gasteiger partial charge in [-0.05, 0) is 23.8 Å². The van der Waals surface area contributed by atoms with E-state index in [2.05, 4.69) is 0 Å². The van der Waals surface area contributed by atoms with Crippen molar-refractivity contribution in [3.05, 3.63) is 65.2 Å². The van der Waals surface area contributed by atoms with Crippen LogP contribution in [-0.4, -0.2) is 6.41 Å². The predicted octanol–water partition coefficient (Wildman–Crippen LogP) is 4.89. The standard InChI is InChI=1S/C16H11F6NO/c17-15(18,19)12-6-13(16(20,21)22)8-14(7-12)23(10-24)9-11-4-2-1-3-5-11/h1-8,10H,9H2. The van der Waals surface area contributed by atoms with Crippen LogP contribution in [0.15, 0.2) is 48.5 Å². The molecule has 0 heterocycles. The zero-order valence-corrected chi connectivity index (χ0v) is 12.0. The van der Waals surface area contributed by atoms with E-state index in [0.717, 1.165) is 4.90 Å². The van der Waals surface area contributed by atoms with Gasteiger partial charge in [0.1, 0.15) is 0 Å². The molecule has 0 saturated carbocycles. The third-order valence-corrected chi connectivity index (χ3v) is 3.23. The van der Waals surface area contributed by atoms with Crippen molar-refractivity contribution in [2.24, 2.45) is 0 Å². The van der Waals surface area contributed by atoms with Crippen molar-refractivity contribution in [2.45, 2.75) is 18.9 Å². The van der Waals surface area contributed by atoms with Gasteiger partial charge in [0.25, 0.3) is 0 Å². The maximum Gasteiger partial charge on any atom is 0.416 e. The number of benzene rings is 2. The van der Waals surface area contributed by atoms with Crippen LogP contribution in [0, 0.1) is 0 Å². The lowest BCUT2D eigenvalue weighted by Crippen LogP contribution is -2.22. The van der Waals surface area contributed by atoms with Gasteiger partial charge in [-0.15, -0.1) is 0 Å². The minimum absolute atomic E-state index is 0.0228. The average molecular weight is 347 g/mol. The van der Waals surface area contributed by atoms with Crippen LogP contribution in [0.1, 0.15) is 16.7 Å². The molecular weight excluding hydrogens is 336 g/mol. The lowest BCUT2D eigenvalue weighted by atomic mass is 10.1. The number of alkyl halides is 6. The van der Waals surface area contributed by atoms with Gasteiger partial charge >= 0.3 is 12.4 Å². The monoisotopic (exact) mass is 347 g/mol. The van der Waals surface area contributed by atoms with E-state index in [9.17, 15) is 31.1 Å². The largest absolute Gasteiger partial charge is 0.416 e. The molecule has 0 bridgehead atoms. The fraction of sp³-hybridized carbons (Fsp3) is 0.188. The first-order valence-corrected chi connectivity index (χ1v) is 6.66. The van der Waals surface area contributed by atoms with Crippen molar-refractivity contribution in [3.63, 3.8) is 0 Å². The lowest BCUT2D eigenvalue weighted by Gasteiger charge is -2.21. The highest BCUT2D eigenvalue weighted by atomic mass is 19.4. The summed E-state index contributed by atoms with van der Waals surface area (Å²) in [5.41, 5.74) is -2.84. The van der Waals surface area contributed by atoms with E-state index in [-0.39, 0.29) is 19.0 Å². The van der Waals surface area contributed by atoms with E-state index in [1.54, 1.807) is 30.3 Å². The number of rotatable bonds is 4. The molecule has 24 heavy (non-hydrogen) atoms. The number of carbonyl (C=O) groups is 1. The molecular formula is C16H11F6NO. The number of hydrogen-bond donors (Lipinski definition) is 0. The van der Waals surface area contributed by atoms with Crippen molar-refractivity contribution in [1.29, 1.82) is 0 Å². The van der Waals surface area contributed by atoms with Crippen LogP contribution in [0.3, 0.4) is 0 Å². The Morgan fingerprint density at radius 1 is 0.833 bits per heavy atom. The molecule has 2 aromatic carbocycles. The number of hydrogen-bond acceptors (Lipinski definition) is 1. The number of anilines is 1. The van der Waals surface area contributed by atoms with Crippen LogP contribution in [-0.2, 0) is 23.7 Å². The second-order valence-corrected chi connectivity index (χ2v) is 4.98. The fourth-order valence-electron chi connectivity index (χ4n) is 2.07. The third-order valence-electron chi connectivity index (χ3n) is 3.23. The normalized spacial score (nSPS) is 12.1. The minimum atomic E-state index is -4.96. The SMILES string of the molecule is O=CN(Cc1ccccc1)c1cc(C(F)(F)F)cc(C(F)(F)F)c1. The molecule has 8 heteroatoms. The first-order chi connectivity index (χ1) is 11.1. The molecule has 2 nitrogen and oxygen atoms in total. The molecule has 2 aromatic rings. The zero-order chi connectivity index (χ0) is 18.0. The van der Waals surface area contributed by atoms with E-state index in [1.807, 2.05) is 0 Å². The summed E-state index contributed by atoms with van der Waals surface area (Å²) in [5.74, 6) is 0. The third kappa shape index (κ3) is 4.27. The van der Waals surface area contributed by atoms with Gasteiger partial charge in [-0.2, -0.15) is 26.3 Å². The number of carbonyl (C=O) groups excluding carboxylic acids is 1. The Labute approximate surface area is 133 Å². The molecule has 0 fully saturated rings. The summed E-state index contributed by atoms with van der Waals surface area (Å²) in [6.45, 7) is -0.150. The van der Waals surface area contributed by atoms with Crippen molar-refractivity contribution >= 4 is 12.1 Å². The Hall–Kier alpha value is -2.51. The van der Waals surface area contributed by atoms with Crippen molar-refractivity contribution in [1.82, 2.24) is 0 Å². The summed E-state index contributed by atoms with van der Waals surface area (Å²) in [6.07, 6.45) is -9.72. The Morgan fingerprint density at radius 2 is 1.33 bits per heavy atom. The summed E-state index contributed by atoms with van der Waals surface area (Å²) in [5, 5.41) is 0. The van der Waals surface area contributed by atoms with Gasteiger partial charge in [0.15, 0.2) is 0 Å². The fourth-order valence-corrected chi connectivity index (χ4v) is 2.07. The second-order valence-electron chi connectivity index (χ2n) is 4.98. The Bertz CT molecular complexity index is 676.